The molecule has 3 heteroatoms. The van der Waals surface area contributed by atoms with Crippen LogP contribution in [0.25, 0.3) is 0 Å². The molecule has 1 atom stereocenters. The standard InChI is InChI=1S/C11H14O3/c1-7-4-3-5-9-10(7)8(6-14-9)11(12)13-2/h6-7H,3-5H2,1-2H3. The highest BCUT2D eigenvalue weighted by atomic mass is 16.5. The van der Waals surface area contributed by atoms with Crippen molar-refractivity contribution >= 4 is 5.97 Å². The molecule has 0 N–H and O–H groups in total. The summed E-state index contributed by atoms with van der Waals surface area (Å²) in [6, 6.07) is 0. The van der Waals surface area contributed by atoms with Gasteiger partial charge in [0.15, 0.2) is 0 Å². The van der Waals surface area contributed by atoms with Crippen molar-refractivity contribution in [2.75, 3.05) is 7.11 Å². The van der Waals surface area contributed by atoms with Crippen LogP contribution in [0.5, 0.6) is 0 Å². The zero-order valence-corrected chi connectivity index (χ0v) is 8.50. The Balaban J connectivity index is 2.43. The monoisotopic (exact) mass is 194 g/mol. The Morgan fingerprint density at radius 2 is 2.43 bits per heavy atom. The van der Waals surface area contributed by atoms with Gasteiger partial charge < -0.3 is 9.15 Å². The summed E-state index contributed by atoms with van der Waals surface area (Å²) in [5.74, 6) is 1.08. The van der Waals surface area contributed by atoms with E-state index in [1.165, 1.54) is 13.4 Å². The number of carbonyl (C=O) groups is 1. The van der Waals surface area contributed by atoms with Crippen LogP contribution in [0.15, 0.2) is 10.7 Å². The molecule has 0 saturated carbocycles. The minimum Gasteiger partial charge on any atom is -0.468 e. The van der Waals surface area contributed by atoms with Crippen LogP contribution >= 0.6 is 0 Å². The van der Waals surface area contributed by atoms with Crippen molar-refractivity contribution in [1.29, 1.82) is 0 Å². The number of furan rings is 1. The summed E-state index contributed by atoms with van der Waals surface area (Å²) in [7, 11) is 1.40. The Kier molecular flexibility index (Phi) is 2.32. The highest BCUT2D eigenvalue weighted by Gasteiger charge is 2.26. The fourth-order valence-electron chi connectivity index (χ4n) is 2.12. The predicted octanol–water partition coefficient (Wildman–Crippen LogP) is 2.51. The number of methoxy groups -OCH3 is 1. The van der Waals surface area contributed by atoms with E-state index in [-0.39, 0.29) is 5.97 Å². The first kappa shape index (κ1) is 9.31. The van der Waals surface area contributed by atoms with Crippen molar-refractivity contribution in [1.82, 2.24) is 0 Å². The normalized spacial score (nSPS) is 20.3. The maximum Gasteiger partial charge on any atom is 0.341 e. The molecule has 1 aliphatic rings. The molecule has 2 rings (SSSR count). The highest BCUT2D eigenvalue weighted by molar-refractivity contribution is 5.91. The van der Waals surface area contributed by atoms with Crippen molar-refractivity contribution in [2.24, 2.45) is 0 Å². The number of ether oxygens (including phenoxy) is 1. The fraction of sp³-hybridized carbons (Fsp3) is 0.545. The summed E-state index contributed by atoms with van der Waals surface area (Å²) in [5, 5.41) is 0. The number of hydrogen-bond donors (Lipinski definition) is 0. The van der Waals surface area contributed by atoms with Crippen molar-refractivity contribution in [3.63, 3.8) is 0 Å². The molecule has 0 saturated heterocycles. The second kappa shape index (κ2) is 3.48. The first-order chi connectivity index (χ1) is 6.74. The second-order valence-corrected chi connectivity index (χ2v) is 3.77. The molecule has 0 aliphatic heterocycles. The molecule has 0 amide bonds. The summed E-state index contributed by atoms with van der Waals surface area (Å²) in [6.07, 6.45) is 4.73. The van der Waals surface area contributed by atoms with Crippen LogP contribution in [0.3, 0.4) is 0 Å². The second-order valence-electron chi connectivity index (χ2n) is 3.77. The van der Waals surface area contributed by atoms with Gasteiger partial charge in [-0.3, -0.25) is 0 Å². The van der Waals surface area contributed by atoms with Crippen LogP contribution in [0.2, 0.25) is 0 Å². The van der Waals surface area contributed by atoms with E-state index in [9.17, 15) is 4.79 Å². The zero-order chi connectivity index (χ0) is 10.1. The minimum absolute atomic E-state index is 0.288. The average molecular weight is 194 g/mol. The quantitative estimate of drug-likeness (QED) is 0.645. The van der Waals surface area contributed by atoms with Gasteiger partial charge in [0.25, 0.3) is 0 Å². The molecule has 14 heavy (non-hydrogen) atoms. The Morgan fingerprint density at radius 3 is 3.14 bits per heavy atom. The van der Waals surface area contributed by atoms with E-state index in [4.69, 9.17) is 9.15 Å². The lowest BCUT2D eigenvalue weighted by Gasteiger charge is -2.17. The van der Waals surface area contributed by atoms with Gasteiger partial charge in [-0.15, -0.1) is 0 Å². The van der Waals surface area contributed by atoms with Crippen molar-refractivity contribution < 1.29 is 13.9 Å². The molecule has 1 heterocycles. The van der Waals surface area contributed by atoms with Crippen LogP contribution in [0.4, 0.5) is 0 Å². The van der Waals surface area contributed by atoms with Crippen LogP contribution in [-0.4, -0.2) is 13.1 Å². The smallest absolute Gasteiger partial charge is 0.341 e. The predicted molar refractivity (Wildman–Crippen MR) is 51.4 cm³/mol. The number of hydrogen-bond acceptors (Lipinski definition) is 3. The molecule has 76 valence electrons. The lowest BCUT2D eigenvalue weighted by atomic mass is 9.86. The number of carbonyl (C=O) groups excluding carboxylic acids is 1. The van der Waals surface area contributed by atoms with Gasteiger partial charge in [0.1, 0.15) is 17.6 Å². The Hall–Kier alpha value is -1.25. The Morgan fingerprint density at radius 1 is 1.64 bits per heavy atom. The van der Waals surface area contributed by atoms with Gasteiger partial charge in [-0.25, -0.2) is 4.79 Å². The first-order valence-electron chi connectivity index (χ1n) is 4.92. The van der Waals surface area contributed by atoms with E-state index in [1.54, 1.807) is 0 Å². The van der Waals surface area contributed by atoms with Gasteiger partial charge >= 0.3 is 5.97 Å². The van der Waals surface area contributed by atoms with E-state index in [0.29, 0.717) is 11.5 Å². The summed E-state index contributed by atoms with van der Waals surface area (Å²) < 4.78 is 10.1. The maximum atomic E-state index is 11.4. The molecule has 0 radical (unpaired) electrons. The van der Waals surface area contributed by atoms with E-state index in [1.807, 2.05) is 0 Å². The molecule has 0 bridgehead atoms. The zero-order valence-electron chi connectivity index (χ0n) is 8.50. The number of fused-ring (bicyclic) bond motifs is 1. The Bertz CT molecular complexity index is 351. The van der Waals surface area contributed by atoms with Gasteiger partial charge in [0.05, 0.1) is 7.11 Å². The van der Waals surface area contributed by atoms with Gasteiger partial charge in [-0.1, -0.05) is 6.92 Å². The molecule has 1 aliphatic carbocycles. The molecular weight excluding hydrogens is 180 g/mol. The van der Waals surface area contributed by atoms with E-state index in [0.717, 1.165) is 30.6 Å². The van der Waals surface area contributed by atoms with Crippen LogP contribution < -0.4 is 0 Å². The topological polar surface area (TPSA) is 39.4 Å². The lowest BCUT2D eigenvalue weighted by molar-refractivity contribution is 0.0598. The van der Waals surface area contributed by atoms with E-state index in [2.05, 4.69) is 6.92 Å². The first-order valence-corrected chi connectivity index (χ1v) is 4.92. The number of rotatable bonds is 1. The van der Waals surface area contributed by atoms with Crippen LogP contribution in [-0.2, 0) is 11.2 Å². The maximum absolute atomic E-state index is 11.4. The molecule has 1 aromatic heterocycles. The summed E-state index contributed by atoms with van der Waals surface area (Å²) >= 11 is 0. The largest absolute Gasteiger partial charge is 0.468 e. The highest BCUT2D eigenvalue weighted by Crippen LogP contribution is 2.35. The summed E-state index contributed by atoms with van der Waals surface area (Å²) in [4.78, 5) is 11.4. The third-order valence-corrected chi connectivity index (χ3v) is 2.85. The van der Waals surface area contributed by atoms with Gasteiger partial charge in [-0.2, -0.15) is 0 Å². The Labute approximate surface area is 83.0 Å². The molecular formula is C11H14O3. The van der Waals surface area contributed by atoms with Crippen molar-refractivity contribution in [3.8, 4) is 0 Å². The van der Waals surface area contributed by atoms with Crippen molar-refractivity contribution in [2.45, 2.75) is 32.1 Å². The summed E-state index contributed by atoms with van der Waals surface area (Å²) in [6.45, 7) is 2.12. The van der Waals surface area contributed by atoms with E-state index < -0.39 is 0 Å². The summed E-state index contributed by atoms with van der Waals surface area (Å²) in [5.41, 5.74) is 1.66. The third kappa shape index (κ3) is 1.33. The van der Waals surface area contributed by atoms with Crippen LogP contribution in [0, 0.1) is 0 Å². The SMILES string of the molecule is COC(=O)c1coc2c1C(C)CCC2. The minimum atomic E-state index is -0.288. The molecule has 1 unspecified atom stereocenters. The lowest BCUT2D eigenvalue weighted by Crippen LogP contribution is -2.10. The molecule has 0 spiro atoms. The number of esters is 1. The van der Waals surface area contributed by atoms with E-state index >= 15 is 0 Å². The van der Waals surface area contributed by atoms with Crippen molar-refractivity contribution in [3.05, 3.63) is 23.2 Å². The molecule has 3 nitrogen and oxygen atoms in total. The molecule has 0 fully saturated rings. The molecule has 1 aromatic rings. The third-order valence-electron chi connectivity index (χ3n) is 2.85. The fourth-order valence-corrected chi connectivity index (χ4v) is 2.12. The van der Waals surface area contributed by atoms with Gasteiger partial charge in [0.2, 0.25) is 0 Å². The average Bonchev–Trinajstić information content (AvgIpc) is 2.62. The number of aryl methyl sites for hydroxylation is 1. The van der Waals surface area contributed by atoms with Crippen LogP contribution in [0.1, 0.15) is 47.4 Å². The van der Waals surface area contributed by atoms with Gasteiger partial charge in [0, 0.05) is 12.0 Å². The van der Waals surface area contributed by atoms with Gasteiger partial charge in [-0.05, 0) is 18.8 Å². The molecule has 0 aromatic carbocycles.